The van der Waals surface area contributed by atoms with E-state index in [0.717, 1.165) is 17.7 Å². The Morgan fingerprint density at radius 2 is 1.83 bits per heavy atom. The standard InChI is InChI=1S/C26H17F3N6O/c1-17-2-3-19(10-18(17)4-5-22-14-32-24-6-7-30-16-35(22)24)25(36)33-21-11-20(26(27,28)29)12-23(13-21)34-9-8-31-15-34/h2-3,6-16H,1H3,(H,33,36). The highest BCUT2D eigenvalue weighted by Gasteiger charge is 2.31. The average molecular weight is 486 g/mol. The summed E-state index contributed by atoms with van der Waals surface area (Å²) in [7, 11) is 0. The molecule has 0 aliphatic carbocycles. The monoisotopic (exact) mass is 486 g/mol. The molecular formula is C26H17F3N6O. The van der Waals surface area contributed by atoms with Crippen molar-refractivity contribution < 1.29 is 18.0 Å². The van der Waals surface area contributed by atoms with Gasteiger partial charge in [0.1, 0.15) is 17.7 Å². The van der Waals surface area contributed by atoms with E-state index >= 15 is 0 Å². The first-order chi connectivity index (χ1) is 17.3. The van der Waals surface area contributed by atoms with E-state index in [1.54, 1.807) is 47.4 Å². The minimum atomic E-state index is -4.59. The number of rotatable bonds is 3. The number of aromatic nitrogens is 5. The molecule has 5 aromatic rings. The van der Waals surface area contributed by atoms with Crippen LogP contribution in [0.3, 0.4) is 0 Å². The lowest BCUT2D eigenvalue weighted by Crippen LogP contribution is -2.14. The molecule has 3 aromatic heterocycles. The first-order valence-corrected chi connectivity index (χ1v) is 10.7. The molecule has 0 aliphatic rings. The largest absolute Gasteiger partial charge is 0.416 e. The molecule has 7 nitrogen and oxygen atoms in total. The number of hydrogen-bond acceptors (Lipinski definition) is 4. The summed E-state index contributed by atoms with van der Waals surface area (Å²) in [4.78, 5) is 25.2. The highest BCUT2D eigenvalue weighted by atomic mass is 19.4. The molecule has 1 amide bonds. The maximum absolute atomic E-state index is 13.5. The van der Waals surface area contributed by atoms with Crippen molar-refractivity contribution in [1.82, 2.24) is 23.9 Å². The summed E-state index contributed by atoms with van der Waals surface area (Å²) in [5.41, 5.74) is 2.37. The molecule has 0 saturated carbocycles. The second-order valence-corrected chi connectivity index (χ2v) is 7.92. The molecule has 3 heterocycles. The molecule has 0 bridgehead atoms. The third kappa shape index (κ3) is 4.67. The number of hydrogen-bond donors (Lipinski definition) is 1. The van der Waals surface area contributed by atoms with Crippen LogP contribution in [0.2, 0.25) is 0 Å². The van der Waals surface area contributed by atoms with E-state index < -0.39 is 17.6 Å². The van der Waals surface area contributed by atoms with E-state index in [1.165, 1.54) is 29.4 Å². The highest BCUT2D eigenvalue weighted by molar-refractivity contribution is 6.04. The number of nitrogens with one attached hydrogen (secondary N) is 1. The number of nitrogens with zero attached hydrogens (tertiary/aromatic N) is 5. The zero-order chi connectivity index (χ0) is 25.3. The third-order valence-corrected chi connectivity index (χ3v) is 5.45. The second kappa shape index (κ2) is 9.03. The van der Waals surface area contributed by atoms with Crippen LogP contribution in [0.15, 0.2) is 79.9 Å². The normalized spacial score (nSPS) is 11.2. The number of carbonyl (C=O) groups excluding carboxylic acids is 1. The molecule has 0 radical (unpaired) electrons. The van der Waals surface area contributed by atoms with Crippen molar-refractivity contribution >= 4 is 17.2 Å². The minimum Gasteiger partial charge on any atom is -0.322 e. The van der Waals surface area contributed by atoms with Crippen LogP contribution >= 0.6 is 0 Å². The number of amides is 1. The van der Waals surface area contributed by atoms with Gasteiger partial charge in [-0.05, 0) is 54.8 Å². The number of carbonyl (C=O) groups is 1. The van der Waals surface area contributed by atoms with Crippen molar-refractivity contribution in [3.8, 4) is 17.5 Å². The Morgan fingerprint density at radius 1 is 1.00 bits per heavy atom. The molecule has 5 rings (SSSR count). The lowest BCUT2D eigenvalue weighted by atomic mass is 10.0. The zero-order valence-corrected chi connectivity index (χ0v) is 18.8. The van der Waals surface area contributed by atoms with Crippen molar-refractivity contribution in [3.05, 3.63) is 108 Å². The van der Waals surface area contributed by atoms with Crippen LogP contribution in [0.25, 0.3) is 11.3 Å². The number of benzene rings is 2. The molecule has 0 atom stereocenters. The summed E-state index contributed by atoms with van der Waals surface area (Å²) in [6.45, 7) is 1.85. The number of alkyl halides is 3. The van der Waals surface area contributed by atoms with Gasteiger partial charge in [-0.1, -0.05) is 12.0 Å². The number of imidazole rings is 2. The lowest BCUT2D eigenvalue weighted by molar-refractivity contribution is -0.137. The van der Waals surface area contributed by atoms with E-state index in [9.17, 15) is 18.0 Å². The van der Waals surface area contributed by atoms with Crippen molar-refractivity contribution in [2.75, 3.05) is 5.32 Å². The summed E-state index contributed by atoms with van der Waals surface area (Å²) < 4.78 is 43.6. The van der Waals surface area contributed by atoms with Crippen molar-refractivity contribution in [3.63, 3.8) is 0 Å². The van der Waals surface area contributed by atoms with E-state index in [2.05, 4.69) is 32.1 Å². The Hall–Kier alpha value is -4.91. The second-order valence-electron chi connectivity index (χ2n) is 7.92. The van der Waals surface area contributed by atoms with Crippen LogP contribution in [-0.4, -0.2) is 29.8 Å². The fraction of sp³-hybridized carbons (Fsp3) is 0.0769. The lowest BCUT2D eigenvalue weighted by Gasteiger charge is -2.14. The van der Waals surface area contributed by atoms with Crippen LogP contribution in [0.1, 0.15) is 32.7 Å². The van der Waals surface area contributed by atoms with Gasteiger partial charge in [0.05, 0.1) is 18.1 Å². The van der Waals surface area contributed by atoms with Crippen LogP contribution < -0.4 is 5.32 Å². The molecule has 2 aromatic carbocycles. The average Bonchev–Trinajstić information content (AvgIpc) is 3.53. The first kappa shape index (κ1) is 22.9. The van der Waals surface area contributed by atoms with Gasteiger partial charge in [0.25, 0.3) is 5.91 Å². The molecular weight excluding hydrogens is 469 g/mol. The molecule has 0 unspecified atom stereocenters. The Labute approximate surface area is 203 Å². The molecule has 10 heteroatoms. The van der Waals surface area contributed by atoms with Crippen molar-refractivity contribution in [2.24, 2.45) is 0 Å². The number of aryl methyl sites for hydroxylation is 1. The summed E-state index contributed by atoms with van der Waals surface area (Å²) in [5.74, 6) is 5.52. The Kier molecular flexibility index (Phi) is 5.74. The molecule has 0 spiro atoms. The minimum absolute atomic E-state index is 0.00460. The molecule has 178 valence electrons. The predicted octanol–water partition coefficient (Wildman–Crippen LogP) is 4.89. The van der Waals surface area contributed by atoms with E-state index in [0.29, 0.717) is 16.9 Å². The zero-order valence-electron chi connectivity index (χ0n) is 18.8. The van der Waals surface area contributed by atoms with Crippen molar-refractivity contribution in [2.45, 2.75) is 13.1 Å². The number of anilines is 1. The Balaban J connectivity index is 1.44. The molecule has 0 aliphatic heterocycles. The van der Waals surface area contributed by atoms with Crippen molar-refractivity contribution in [1.29, 1.82) is 0 Å². The summed E-state index contributed by atoms with van der Waals surface area (Å²) in [6, 6.07) is 10.0. The maximum atomic E-state index is 13.5. The smallest absolute Gasteiger partial charge is 0.322 e. The fourth-order valence-corrected chi connectivity index (χ4v) is 3.57. The summed E-state index contributed by atoms with van der Waals surface area (Å²) in [6.07, 6.45) is 4.64. The van der Waals surface area contributed by atoms with Gasteiger partial charge in [-0.25, -0.2) is 15.0 Å². The van der Waals surface area contributed by atoms with Gasteiger partial charge in [-0.15, -0.1) is 0 Å². The molecule has 0 fully saturated rings. The maximum Gasteiger partial charge on any atom is 0.416 e. The number of fused-ring (bicyclic) bond motifs is 1. The quantitative estimate of drug-likeness (QED) is 0.368. The van der Waals surface area contributed by atoms with Gasteiger partial charge in [0.15, 0.2) is 0 Å². The Morgan fingerprint density at radius 3 is 2.61 bits per heavy atom. The highest BCUT2D eigenvalue weighted by Crippen LogP contribution is 2.33. The number of halogens is 3. The van der Waals surface area contributed by atoms with E-state index in [4.69, 9.17) is 0 Å². The van der Waals surface area contributed by atoms with Gasteiger partial charge in [-0.2, -0.15) is 13.2 Å². The Bertz CT molecular complexity index is 1640. The predicted molar refractivity (Wildman–Crippen MR) is 127 cm³/mol. The van der Waals surface area contributed by atoms with Gasteiger partial charge in [0, 0.05) is 41.1 Å². The SMILES string of the molecule is Cc1ccc(C(=O)Nc2cc(-n3ccnc3)cc(C(F)(F)F)c2)cc1C#Cc1cnc2ccncn12. The third-order valence-electron chi connectivity index (χ3n) is 5.45. The van der Waals surface area contributed by atoms with Gasteiger partial charge in [-0.3, -0.25) is 9.20 Å². The molecule has 36 heavy (non-hydrogen) atoms. The van der Waals surface area contributed by atoms with E-state index in [1.807, 2.05) is 6.92 Å². The summed E-state index contributed by atoms with van der Waals surface area (Å²) >= 11 is 0. The van der Waals surface area contributed by atoms with E-state index in [-0.39, 0.29) is 16.9 Å². The molecule has 0 saturated heterocycles. The topological polar surface area (TPSA) is 77.1 Å². The molecule has 1 N–H and O–H groups in total. The van der Waals surface area contributed by atoms with Crippen LogP contribution in [0, 0.1) is 18.8 Å². The van der Waals surface area contributed by atoms with Crippen LogP contribution in [0.5, 0.6) is 0 Å². The van der Waals surface area contributed by atoms with Gasteiger partial charge >= 0.3 is 6.18 Å². The first-order valence-electron chi connectivity index (χ1n) is 10.7. The fourth-order valence-electron chi connectivity index (χ4n) is 3.57. The van der Waals surface area contributed by atoms with Gasteiger partial charge < -0.3 is 9.88 Å². The van der Waals surface area contributed by atoms with Crippen LogP contribution in [0.4, 0.5) is 18.9 Å². The summed E-state index contributed by atoms with van der Waals surface area (Å²) in [5, 5.41) is 2.57. The van der Waals surface area contributed by atoms with Gasteiger partial charge in [0.2, 0.25) is 0 Å². The van der Waals surface area contributed by atoms with Crippen LogP contribution in [-0.2, 0) is 6.18 Å².